The van der Waals surface area contributed by atoms with Gasteiger partial charge in [-0.15, -0.1) is 0 Å². The monoisotopic (exact) mass is 286 g/mol. The number of fused-ring (bicyclic) bond motifs is 1. The molecule has 0 aliphatic carbocycles. The van der Waals surface area contributed by atoms with Gasteiger partial charge in [0.2, 0.25) is 0 Å². The van der Waals surface area contributed by atoms with Crippen LogP contribution >= 0.6 is 11.6 Å². The Morgan fingerprint density at radius 1 is 1.20 bits per heavy atom. The molecule has 0 fully saturated rings. The first-order valence-electron chi connectivity index (χ1n) is 6.10. The van der Waals surface area contributed by atoms with E-state index in [0.717, 1.165) is 5.56 Å². The molecule has 2 aromatic carbocycles. The molecule has 5 heteroatoms. The molecule has 1 N–H and O–H groups in total. The van der Waals surface area contributed by atoms with E-state index in [1.165, 1.54) is 0 Å². The molecule has 0 bridgehead atoms. The van der Waals surface area contributed by atoms with E-state index in [4.69, 9.17) is 16.0 Å². The summed E-state index contributed by atoms with van der Waals surface area (Å²) in [5, 5.41) is 2.92. The van der Waals surface area contributed by atoms with Gasteiger partial charge < -0.3 is 9.73 Å². The molecule has 0 aliphatic heterocycles. The largest absolute Gasteiger partial charge is 0.428 e. The lowest BCUT2D eigenvalue weighted by atomic mass is 10.2. The quantitative estimate of drug-likeness (QED) is 0.803. The van der Waals surface area contributed by atoms with E-state index in [1.807, 2.05) is 30.3 Å². The van der Waals surface area contributed by atoms with Crippen LogP contribution in [0, 0.1) is 0 Å². The smallest absolute Gasteiger partial charge is 0.293 e. The van der Waals surface area contributed by atoms with Crippen molar-refractivity contribution in [1.29, 1.82) is 0 Å². The zero-order valence-corrected chi connectivity index (χ0v) is 11.2. The van der Waals surface area contributed by atoms with Crippen LogP contribution in [0.25, 0.3) is 11.1 Å². The lowest BCUT2D eigenvalue weighted by molar-refractivity contribution is 0.0951. The van der Waals surface area contributed by atoms with Gasteiger partial charge in [-0.25, -0.2) is 0 Å². The number of rotatable bonds is 3. The Hall–Kier alpha value is -2.33. The molecule has 0 saturated carbocycles. The lowest BCUT2D eigenvalue weighted by Gasteiger charge is -2.05. The van der Waals surface area contributed by atoms with Crippen LogP contribution in [-0.4, -0.2) is 10.9 Å². The second-order valence-electron chi connectivity index (χ2n) is 4.32. The number of carbonyl (C=O) groups excluding carboxylic acids is 1. The summed E-state index contributed by atoms with van der Waals surface area (Å²) < 4.78 is 5.20. The van der Waals surface area contributed by atoms with Crippen molar-refractivity contribution >= 4 is 28.6 Å². The van der Waals surface area contributed by atoms with Crippen molar-refractivity contribution in [2.24, 2.45) is 0 Å². The van der Waals surface area contributed by atoms with Crippen LogP contribution in [-0.2, 0) is 6.54 Å². The molecule has 20 heavy (non-hydrogen) atoms. The van der Waals surface area contributed by atoms with Gasteiger partial charge in [0.15, 0.2) is 5.58 Å². The summed E-state index contributed by atoms with van der Waals surface area (Å²) >= 11 is 5.68. The fourth-order valence-corrected chi connectivity index (χ4v) is 2.09. The number of hydrogen-bond acceptors (Lipinski definition) is 3. The zero-order valence-electron chi connectivity index (χ0n) is 10.5. The summed E-state index contributed by atoms with van der Waals surface area (Å²) in [7, 11) is 0. The average Bonchev–Trinajstić information content (AvgIpc) is 2.85. The van der Waals surface area contributed by atoms with E-state index in [1.54, 1.807) is 18.2 Å². The molecule has 100 valence electrons. The minimum atomic E-state index is -0.164. The van der Waals surface area contributed by atoms with Crippen LogP contribution in [0.1, 0.15) is 15.9 Å². The predicted molar refractivity (Wildman–Crippen MR) is 76.6 cm³/mol. The van der Waals surface area contributed by atoms with Crippen LogP contribution in [0.4, 0.5) is 0 Å². The Labute approximate surface area is 120 Å². The molecule has 4 nitrogen and oxygen atoms in total. The first-order chi connectivity index (χ1) is 9.72. The summed E-state index contributed by atoms with van der Waals surface area (Å²) in [5.41, 5.74) is 2.70. The van der Waals surface area contributed by atoms with E-state index >= 15 is 0 Å². The van der Waals surface area contributed by atoms with Crippen molar-refractivity contribution in [1.82, 2.24) is 10.3 Å². The predicted octanol–water partition coefficient (Wildman–Crippen LogP) is 3.41. The highest BCUT2D eigenvalue weighted by Gasteiger charge is 2.09. The molecule has 3 aromatic rings. The van der Waals surface area contributed by atoms with Crippen LogP contribution < -0.4 is 5.32 Å². The minimum absolute atomic E-state index is 0.0712. The van der Waals surface area contributed by atoms with Crippen molar-refractivity contribution in [3.63, 3.8) is 0 Å². The van der Waals surface area contributed by atoms with Crippen molar-refractivity contribution in [2.45, 2.75) is 6.54 Å². The third-order valence-corrected chi connectivity index (χ3v) is 3.08. The summed E-state index contributed by atoms with van der Waals surface area (Å²) in [6.45, 7) is 0.481. The third-order valence-electron chi connectivity index (χ3n) is 2.92. The number of nitrogens with zero attached hydrogens (tertiary/aromatic N) is 1. The van der Waals surface area contributed by atoms with Gasteiger partial charge in [-0.1, -0.05) is 30.3 Å². The van der Waals surface area contributed by atoms with E-state index in [-0.39, 0.29) is 11.3 Å². The van der Waals surface area contributed by atoms with E-state index in [2.05, 4.69) is 10.3 Å². The van der Waals surface area contributed by atoms with Crippen molar-refractivity contribution in [3.8, 4) is 0 Å². The first-order valence-corrected chi connectivity index (χ1v) is 6.48. The van der Waals surface area contributed by atoms with Crippen LogP contribution in [0.3, 0.4) is 0 Å². The molecular formula is C15H11ClN2O2. The lowest BCUT2D eigenvalue weighted by Crippen LogP contribution is -2.22. The Morgan fingerprint density at radius 2 is 2.00 bits per heavy atom. The van der Waals surface area contributed by atoms with Crippen LogP contribution in [0.15, 0.2) is 52.9 Å². The molecule has 3 rings (SSSR count). The fraction of sp³-hybridized carbons (Fsp3) is 0.0667. The highest BCUT2D eigenvalue weighted by molar-refractivity contribution is 6.28. The molecule has 1 heterocycles. The zero-order chi connectivity index (χ0) is 13.9. The number of benzene rings is 2. The molecule has 1 amide bonds. The molecule has 0 radical (unpaired) electrons. The van der Waals surface area contributed by atoms with Crippen LogP contribution in [0.2, 0.25) is 5.35 Å². The van der Waals surface area contributed by atoms with Gasteiger partial charge in [0, 0.05) is 12.1 Å². The number of nitrogens with one attached hydrogen (secondary N) is 1. The van der Waals surface area contributed by atoms with Gasteiger partial charge in [0.1, 0.15) is 5.52 Å². The summed E-state index contributed by atoms with van der Waals surface area (Å²) in [5.74, 6) is -0.164. The van der Waals surface area contributed by atoms with Gasteiger partial charge in [0.05, 0.1) is 0 Å². The molecular weight excluding hydrogens is 276 g/mol. The SMILES string of the molecule is O=C(NCc1ccccc1)c1ccc2nc(Cl)oc2c1. The molecule has 0 atom stereocenters. The third kappa shape index (κ3) is 2.65. The second-order valence-corrected chi connectivity index (χ2v) is 4.64. The minimum Gasteiger partial charge on any atom is -0.428 e. The van der Waals surface area contributed by atoms with Gasteiger partial charge in [-0.3, -0.25) is 4.79 Å². The second kappa shape index (κ2) is 5.35. The van der Waals surface area contributed by atoms with Crippen molar-refractivity contribution in [2.75, 3.05) is 0 Å². The van der Waals surface area contributed by atoms with Gasteiger partial charge >= 0.3 is 0 Å². The number of halogens is 1. The maximum Gasteiger partial charge on any atom is 0.293 e. The van der Waals surface area contributed by atoms with Gasteiger partial charge in [0.25, 0.3) is 11.3 Å². The number of oxazole rings is 1. The standard InChI is InChI=1S/C15H11ClN2O2/c16-15-18-12-7-6-11(8-13(12)20-15)14(19)17-9-10-4-2-1-3-5-10/h1-8H,9H2,(H,17,19). The number of amides is 1. The number of hydrogen-bond donors (Lipinski definition) is 1. The van der Waals surface area contributed by atoms with Crippen LogP contribution in [0.5, 0.6) is 0 Å². The van der Waals surface area contributed by atoms with Crippen molar-refractivity contribution in [3.05, 3.63) is 65.0 Å². The normalized spacial score (nSPS) is 10.7. The summed E-state index contributed by atoms with van der Waals surface area (Å²) in [6, 6.07) is 14.8. The summed E-state index contributed by atoms with van der Waals surface area (Å²) in [6.07, 6.45) is 0. The van der Waals surface area contributed by atoms with Crippen molar-refractivity contribution < 1.29 is 9.21 Å². The first kappa shape index (κ1) is 12.7. The maximum atomic E-state index is 12.1. The van der Waals surface area contributed by atoms with E-state index in [0.29, 0.717) is 23.2 Å². The Balaban J connectivity index is 1.75. The Kier molecular flexibility index (Phi) is 3.39. The number of aromatic nitrogens is 1. The highest BCUT2D eigenvalue weighted by atomic mass is 35.5. The summed E-state index contributed by atoms with van der Waals surface area (Å²) in [4.78, 5) is 16.0. The Morgan fingerprint density at radius 3 is 2.80 bits per heavy atom. The van der Waals surface area contributed by atoms with E-state index < -0.39 is 0 Å². The fourth-order valence-electron chi connectivity index (χ4n) is 1.92. The average molecular weight is 287 g/mol. The molecule has 1 aromatic heterocycles. The highest BCUT2D eigenvalue weighted by Crippen LogP contribution is 2.20. The molecule has 0 saturated heterocycles. The Bertz CT molecular complexity index is 753. The molecule has 0 spiro atoms. The van der Waals surface area contributed by atoms with E-state index in [9.17, 15) is 4.79 Å². The maximum absolute atomic E-state index is 12.1. The molecule has 0 unspecified atom stereocenters. The van der Waals surface area contributed by atoms with Gasteiger partial charge in [-0.05, 0) is 35.4 Å². The van der Waals surface area contributed by atoms with Gasteiger partial charge in [-0.2, -0.15) is 4.98 Å². The molecule has 0 aliphatic rings. The topological polar surface area (TPSA) is 55.1 Å². The number of carbonyl (C=O) groups is 1.